The van der Waals surface area contributed by atoms with Crippen LogP contribution in [0.2, 0.25) is 5.02 Å². The standard InChI is InChI=1S/C26H24ClN5O4S/c1-35-17-10-11-19(27)22(15-17)31-24-25(30-21-9-4-3-8-20(21)29-24)32-37-18-7-5-6-16(14-18)26(34)28-13-12-23(33)36-2/h3-11,14-15H,12-13H2,1-2H3,(H,28,34)(H,29,31)(H,30,32). The maximum atomic E-state index is 12.5. The molecule has 3 N–H and O–H groups in total. The summed E-state index contributed by atoms with van der Waals surface area (Å²) < 4.78 is 13.1. The van der Waals surface area contributed by atoms with Crippen molar-refractivity contribution in [1.29, 1.82) is 0 Å². The second kappa shape index (κ2) is 12.3. The van der Waals surface area contributed by atoms with Crippen LogP contribution in [0.1, 0.15) is 16.8 Å². The first-order valence-corrected chi connectivity index (χ1v) is 12.4. The fourth-order valence-corrected chi connectivity index (χ4v) is 4.16. The van der Waals surface area contributed by atoms with E-state index in [0.29, 0.717) is 44.7 Å². The average Bonchev–Trinajstić information content (AvgIpc) is 2.93. The number of nitrogens with zero attached hydrogens (tertiary/aromatic N) is 2. The Hall–Kier alpha value is -4.02. The van der Waals surface area contributed by atoms with Gasteiger partial charge in [-0.05, 0) is 54.4 Å². The van der Waals surface area contributed by atoms with Gasteiger partial charge < -0.3 is 24.8 Å². The van der Waals surface area contributed by atoms with Gasteiger partial charge in [0.1, 0.15) is 5.75 Å². The third-order valence-corrected chi connectivity index (χ3v) is 6.32. The van der Waals surface area contributed by atoms with Gasteiger partial charge in [-0.1, -0.05) is 29.8 Å². The predicted molar refractivity (Wildman–Crippen MR) is 146 cm³/mol. The van der Waals surface area contributed by atoms with Crippen molar-refractivity contribution in [1.82, 2.24) is 15.3 Å². The Morgan fingerprint density at radius 1 is 0.946 bits per heavy atom. The van der Waals surface area contributed by atoms with Crippen molar-refractivity contribution in [3.8, 4) is 5.75 Å². The monoisotopic (exact) mass is 537 g/mol. The number of aromatic nitrogens is 2. The molecule has 0 saturated heterocycles. The lowest BCUT2D eigenvalue weighted by Gasteiger charge is -2.14. The van der Waals surface area contributed by atoms with Gasteiger partial charge in [0.2, 0.25) is 0 Å². The van der Waals surface area contributed by atoms with E-state index in [-0.39, 0.29) is 24.8 Å². The van der Waals surface area contributed by atoms with Crippen molar-refractivity contribution < 1.29 is 19.1 Å². The molecule has 0 spiro atoms. The quantitative estimate of drug-likeness (QED) is 0.179. The molecule has 0 aliphatic carbocycles. The van der Waals surface area contributed by atoms with Crippen molar-refractivity contribution in [2.45, 2.75) is 11.3 Å². The van der Waals surface area contributed by atoms with E-state index in [1.54, 1.807) is 43.5 Å². The number of hydrogen-bond acceptors (Lipinski definition) is 9. The minimum absolute atomic E-state index is 0.103. The van der Waals surface area contributed by atoms with Gasteiger partial charge in [0, 0.05) is 23.1 Å². The number of ether oxygens (including phenoxy) is 2. The summed E-state index contributed by atoms with van der Waals surface area (Å²) in [4.78, 5) is 34.0. The third-order valence-electron chi connectivity index (χ3n) is 5.20. The van der Waals surface area contributed by atoms with E-state index in [1.807, 2.05) is 30.3 Å². The Morgan fingerprint density at radius 3 is 2.43 bits per heavy atom. The molecule has 1 amide bonds. The van der Waals surface area contributed by atoms with Crippen LogP contribution in [-0.4, -0.2) is 42.6 Å². The zero-order chi connectivity index (χ0) is 26.2. The van der Waals surface area contributed by atoms with Crippen LogP contribution in [0.5, 0.6) is 5.75 Å². The molecule has 1 heterocycles. The van der Waals surface area contributed by atoms with Crippen LogP contribution >= 0.6 is 23.5 Å². The zero-order valence-electron chi connectivity index (χ0n) is 20.1. The molecule has 0 radical (unpaired) electrons. The number of para-hydroxylation sites is 2. The Morgan fingerprint density at radius 2 is 1.70 bits per heavy atom. The number of halogens is 1. The normalized spacial score (nSPS) is 10.6. The summed E-state index contributed by atoms with van der Waals surface area (Å²) in [7, 11) is 2.89. The second-order valence-electron chi connectivity index (χ2n) is 7.69. The van der Waals surface area contributed by atoms with E-state index in [1.165, 1.54) is 19.1 Å². The summed E-state index contributed by atoms with van der Waals surface area (Å²) >= 11 is 7.68. The molecule has 37 heavy (non-hydrogen) atoms. The number of fused-ring (bicyclic) bond motifs is 1. The molecule has 3 aromatic carbocycles. The first-order chi connectivity index (χ1) is 18.0. The highest BCUT2D eigenvalue weighted by Crippen LogP contribution is 2.33. The highest BCUT2D eigenvalue weighted by Gasteiger charge is 2.13. The molecule has 4 rings (SSSR count). The molecule has 9 nitrogen and oxygen atoms in total. The molecular weight excluding hydrogens is 514 g/mol. The second-order valence-corrected chi connectivity index (χ2v) is 8.98. The molecule has 0 saturated carbocycles. The van der Waals surface area contributed by atoms with Crippen LogP contribution in [0, 0.1) is 0 Å². The van der Waals surface area contributed by atoms with Crippen molar-refractivity contribution >= 4 is 63.8 Å². The smallest absolute Gasteiger partial charge is 0.307 e. The van der Waals surface area contributed by atoms with Crippen molar-refractivity contribution in [2.75, 3.05) is 30.8 Å². The number of methoxy groups -OCH3 is 2. The topological polar surface area (TPSA) is 114 Å². The highest BCUT2D eigenvalue weighted by atomic mass is 35.5. The molecule has 0 fully saturated rings. The molecule has 0 atom stereocenters. The zero-order valence-corrected chi connectivity index (χ0v) is 21.7. The van der Waals surface area contributed by atoms with Crippen LogP contribution in [-0.2, 0) is 9.53 Å². The number of nitrogens with one attached hydrogen (secondary N) is 3. The fraction of sp³-hybridized carbons (Fsp3) is 0.154. The van der Waals surface area contributed by atoms with Crippen LogP contribution in [0.15, 0.2) is 71.6 Å². The van der Waals surface area contributed by atoms with E-state index in [2.05, 4.69) is 20.1 Å². The van der Waals surface area contributed by atoms with E-state index in [4.69, 9.17) is 26.3 Å². The number of esters is 1. The summed E-state index contributed by atoms with van der Waals surface area (Å²) in [6.45, 7) is 0.190. The van der Waals surface area contributed by atoms with Gasteiger partial charge in [-0.3, -0.25) is 9.59 Å². The first-order valence-electron chi connectivity index (χ1n) is 11.2. The Labute approximate surface area is 223 Å². The van der Waals surface area contributed by atoms with Gasteiger partial charge in [-0.2, -0.15) is 0 Å². The van der Waals surface area contributed by atoms with Gasteiger partial charge in [-0.25, -0.2) is 9.97 Å². The molecular formula is C26H24ClN5O4S. The summed E-state index contributed by atoms with van der Waals surface area (Å²) in [6, 6.07) is 19.9. The number of carbonyl (C=O) groups excluding carboxylic acids is 2. The lowest BCUT2D eigenvalue weighted by atomic mass is 10.2. The van der Waals surface area contributed by atoms with Crippen LogP contribution < -0.4 is 20.1 Å². The number of amides is 1. The lowest BCUT2D eigenvalue weighted by molar-refractivity contribution is -0.140. The molecule has 190 valence electrons. The van der Waals surface area contributed by atoms with Gasteiger partial charge >= 0.3 is 5.97 Å². The van der Waals surface area contributed by atoms with Crippen molar-refractivity contribution in [3.05, 3.63) is 77.3 Å². The molecule has 4 aromatic rings. The Kier molecular flexibility index (Phi) is 8.65. The molecule has 0 unspecified atom stereocenters. The number of carbonyl (C=O) groups is 2. The molecule has 0 aliphatic heterocycles. The predicted octanol–water partition coefficient (Wildman–Crippen LogP) is 5.45. The van der Waals surface area contributed by atoms with Gasteiger partial charge in [0.05, 0.1) is 42.4 Å². The maximum Gasteiger partial charge on any atom is 0.307 e. The lowest BCUT2D eigenvalue weighted by Crippen LogP contribution is -2.26. The van der Waals surface area contributed by atoms with Crippen LogP contribution in [0.3, 0.4) is 0 Å². The molecule has 0 bridgehead atoms. The average molecular weight is 538 g/mol. The minimum atomic E-state index is -0.384. The summed E-state index contributed by atoms with van der Waals surface area (Å²) in [5.74, 6) is 0.927. The fourth-order valence-electron chi connectivity index (χ4n) is 3.30. The SMILES string of the molecule is COC(=O)CCNC(=O)c1cccc(SNc2nc3ccccc3nc2Nc2cc(OC)ccc2Cl)c1. The molecule has 11 heteroatoms. The number of rotatable bonds is 10. The number of benzene rings is 3. The number of anilines is 3. The van der Waals surface area contributed by atoms with Crippen molar-refractivity contribution in [2.24, 2.45) is 0 Å². The van der Waals surface area contributed by atoms with Gasteiger partial charge in [0.25, 0.3) is 5.91 Å². The largest absolute Gasteiger partial charge is 0.497 e. The Bertz CT molecular complexity index is 1440. The summed E-state index contributed by atoms with van der Waals surface area (Å²) in [5, 5.41) is 6.46. The molecule has 1 aromatic heterocycles. The molecule has 0 aliphatic rings. The van der Waals surface area contributed by atoms with Gasteiger partial charge in [0.15, 0.2) is 11.6 Å². The van der Waals surface area contributed by atoms with Gasteiger partial charge in [-0.15, -0.1) is 0 Å². The highest BCUT2D eigenvalue weighted by molar-refractivity contribution is 8.00. The van der Waals surface area contributed by atoms with Crippen LogP contribution in [0.4, 0.5) is 17.3 Å². The van der Waals surface area contributed by atoms with Crippen LogP contribution in [0.25, 0.3) is 11.0 Å². The van der Waals surface area contributed by atoms with E-state index >= 15 is 0 Å². The minimum Gasteiger partial charge on any atom is -0.497 e. The van der Waals surface area contributed by atoms with E-state index in [9.17, 15) is 9.59 Å². The van der Waals surface area contributed by atoms with E-state index in [0.717, 1.165) is 4.90 Å². The number of hydrogen-bond donors (Lipinski definition) is 3. The summed E-state index contributed by atoms with van der Waals surface area (Å²) in [6.07, 6.45) is 0.103. The van der Waals surface area contributed by atoms with Crippen molar-refractivity contribution in [3.63, 3.8) is 0 Å². The summed E-state index contributed by atoms with van der Waals surface area (Å²) in [5.41, 5.74) is 2.50. The Balaban J connectivity index is 1.54. The first kappa shape index (κ1) is 26.1. The maximum absolute atomic E-state index is 12.5. The third kappa shape index (κ3) is 6.81. The van der Waals surface area contributed by atoms with E-state index < -0.39 is 0 Å².